The molecule has 5 nitrogen and oxygen atoms in total. The van der Waals surface area contributed by atoms with Crippen molar-refractivity contribution in [2.75, 3.05) is 32.8 Å². The number of amides is 1. The topological polar surface area (TPSA) is 67.6 Å². The minimum atomic E-state index is -0.292. The standard InChI is InChI=1S/C14H22ClN3O2S/c1-2-5-17-14(19)11-9-20-7-6-18(11)10(8-16)12-3-4-13(15)21-12/h3-4,10-11H,2,5-9,16H2,1H3,(H,17,19). The molecule has 1 fully saturated rings. The van der Waals surface area contributed by atoms with Crippen molar-refractivity contribution in [3.05, 3.63) is 21.3 Å². The molecule has 2 rings (SSSR count). The van der Waals surface area contributed by atoms with Crippen LogP contribution in [0.4, 0.5) is 0 Å². The van der Waals surface area contributed by atoms with E-state index in [1.807, 2.05) is 19.1 Å². The number of hydrogen-bond acceptors (Lipinski definition) is 5. The molecular weight excluding hydrogens is 310 g/mol. The number of halogens is 1. The molecule has 1 amide bonds. The van der Waals surface area contributed by atoms with Crippen molar-refractivity contribution in [3.63, 3.8) is 0 Å². The molecule has 0 spiro atoms. The summed E-state index contributed by atoms with van der Waals surface area (Å²) < 4.78 is 6.22. The molecule has 3 N–H and O–H groups in total. The Morgan fingerprint density at radius 3 is 3.10 bits per heavy atom. The summed E-state index contributed by atoms with van der Waals surface area (Å²) in [6.45, 7) is 4.89. The second-order valence-electron chi connectivity index (χ2n) is 5.01. The van der Waals surface area contributed by atoms with E-state index in [-0.39, 0.29) is 18.0 Å². The summed E-state index contributed by atoms with van der Waals surface area (Å²) in [4.78, 5) is 15.6. The van der Waals surface area contributed by atoms with Crippen LogP contribution >= 0.6 is 22.9 Å². The molecule has 0 radical (unpaired) electrons. The van der Waals surface area contributed by atoms with E-state index in [2.05, 4.69) is 10.2 Å². The molecule has 0 aromatic carbocycles. The number of hydrogen-bond donors (Lipinski definition) is 2. The molecule has 21 heavy (non-hydrogen) atoms. The lowest BCUT2D eigenvalue weighted by Gasteiger charge is -2.39. The number of nitrogens with one attached hydrogen (secondary N) is 1. The maximum absolute atomic E-state index is 12.3. The minimum Gasteiger partial charge on any atom is -0.378 e. The van der Waals surface area contributed by atoms with Gasteiger partial charge in [0.05, 0.1) is 23.6 Å². The number of nitrogens with zero attached hydrogens (tertiary/aromatic N) is 1. The van der Waals surface area contributed by atoms with Gasteiger partial charge in [-0.2, -0.15) is 0 Å². The molecule has 1 aromatic rings. The van der Waals surface area contributed by atoms with Gasteiger partial charge in [0.25, 0.3) is 0 Å². The SMILES string of the molecule is CCCNC(=O)C1COCCN1C(CN)c1ccc(Cl)s1. The van der Waals surface area contributed by atoms with E-state index in [0.29, 0.717) is 32.8 Å². The Morgan fingerprint density at radius 1 is 1.67 bits per heavy atom. The molecule has 1 aromatic heterocycles. The monoisotopic (exact) mass is 331 g/mol. The van der Waals surface area contributed by atoms with E-state index >= 15 is 0 Å². The van der Waals surface area contributed by atoms with Gasteiger partial charge in [-0.15, -0.1) is 11.3 Å². The Bertz CT molecular complexity index is 469. The number of thiophene rings is 1. The molecule has 7 heteroatoms. The molecule has 2 unspecified atom stereocenters. The van der Waals surface area contributed by atoms with Gasteiger partial charge in [0.1, 0.15) is 6.04 Å². The zero-order chi connectivity index (χ0) is 15.2. The first kappa shape index (κ1) is 16.7. The highest BCUT2D eigenvalue weighted by molar-refractivity contribution is 7.16. The summed E-state index contributed by atoms with van der Waals surface area (Å²) in [6.07, 6.45) is 0.917. The Labute approximate surface area is 134 Å². The van der Waals surface area contributed by atoms with Gasteiger partial charge in [-0.25, -0.2) is 0 Å². The van der Waals surface area contributed by atoms with E-state index in [0.717, 1.165) is 15.6 Å². The minimum absolute atomic E-state index is 0.00350. The van der Waals surface area contributed by atoms with Gasteiger partial charge in [-0.1, -0.05) is 18.5 Å². The molecule has 0 aliphatic carbocycles. The Hall–Kier alpha value is -0.660. The number of morpholine rings is 1. The predicted octanol–water partition coefficient (Wildman–Crippen LogP) is 1.63. The Balaban J connectivity index is 2.14. The second kappa shape index (κ2) is 8.10. The van der Waals surface area contributed by atoms with Gasteiger partial charge in [-0.05, 0) is 18.6 Å². The molecule has 1 aliphatic heterocycles. The number of rotatable bonds is 6. The smallest absolute Gasteiger partial charge is 0.239 e. The van der Waals surface area contributed by atoms with Gasteiger partial charge in [0.15, 0.2) is 0 Å². The van der Waals surface area contributed by atoms with Crippen molar-refractivity contribution in [1.29, 1.82) is 0 Å². The van der Waals surface area contributed by atoms with Crippen LogP contribution in [-0.2, 0) is 9.53 Å². The largest absolute Gasteiger partial charge is 0.378 e. The van der Waals surface area contributed by atoms with Crippen LogP contribution in [0.25, 0.3) is 0 Å². The third-order valence-corrected chi connectivity index (χ3v) is 4.90. The first-order valence-electron chi connectivity index (χ1n) is 7.23. The van der Waals surface area contributed by atoms with Crippen molar-refractivity contribution in [1.82, 2.24) is 10.2 Å². The highest BCUT2D eigenvalue weighted by atomic mass is 35.5. The lowest BCUT2D eigenvalue weighted by Crippen LogP contribution is -2.55. The summed E-state index contributed by atoms with van der Waals surface area (Å²) in [5.41, 5.74) is 5.96. The highest BCUT2D eigenvalue weighted by Crippen LogP contribution is 2.31. The Kier molecular flexibility index (Phi) is 6.44. The van der Waals surface area contributed by atoms with Crippen LogP contribution in [0.5, 0.6) is 0 Å². The summed E-state index contributed by atoms with van der Waals surface area (Å²) in [6, 6.07) is 3.57. The molecule has 2 atom stereocenters. The van der Waals surface area contributed by atoms with Crippen molar-refractivity contribution < 1.29 is 9.53 Å². The van der Waals surface area contributed by atoms with Crippen LogP contribution < -0.4 is 11.1 Å². The fraction of sp³-hybridized carbons (Fsp3) is 0.643. The molecule has 2 heterocycles. The molecular formula is C14H22ClN3O2S. The van der Waals surface area contributed by atoms with Crippen LogP contribution in [0.15, 0.2) is 12.1 Å². The fourth-order valence-electron chi connectivity index (χ4n) is 2.50. The Morgan fingerprint density at radius 2 is 2.48 bits per heavy atom. The first-order chi connectivity index (χ1) is 10.2. The average Bonchev–Trinajstić information content (AvgIpc) is 2.92. The molecule has 118 valence electrons. The predicted molar refractivity (Wildman–Crippen MR) is 85.7 cm³/mol. The molecule has 1 saturated heterocycles. The third kappa shape index (κ3) is 4.17. The summed E-state index contributed by atoms with van der Waals surface area (Å²) >= 11 is 7.54. The van der Waals surface area contributed by atoms with Crippen LogP contribution in [0.1, 0.15) is 24.3 Å². The summed E-state index contributed by atoms with van der Waals surface area (Å²) in [5.74, 6) is 0.0117. The van der Waals surface area contributed by atoms with Gasteiger partial charge in [0.2, 0.25) is 5.91 Å². The quantitative estimate of drug-likeness (QED) is 0.831. The van der Waals surface area contributed by atoms with Crippen LogP contribution in [0.2, 0.25) is 4.34 Å². The van der Waals surface area contributed by atoms with Crippen molar-refractivity contribution in [2.45, 2.75) is 25.4 Å². The van der Waals surface area contributed by atoms with Crippen LogP contribution in [0, 0.1) is 0 Å². The van der Waals surface area contributed by atoms with E-state index in [9.17, 15) is 4.79 Å². The van der Waals surface area contributed by atoms with E-state index in [1.165, 1.54) is 11.3 Å². The zero-order valence-corrected chi connectivity index (χ0v) is 13.8. The third-order valence-electron chi connectivity index (χ3n) is 3.57. The molecule has 1 aliphatic rings. The lowest BCUT2D eigenvalue weighted by molar-refractivity contribution is -0.134. The summed E-state index contributed by atoms with van der Waals surface area (Å²) in [7, 11) is 0. The van der Waals surface area contributed by atoms with Gasteiger partial charge >= 0.3 is 0 Å². The average molecular weight is 332 g/mol. The zero-order valence-electron chi connectivity index (χ0n) is 12.2. The van der Waals surface area contributed by atoms with Crippen LogP contribution in [-0.4, -0.2) is 49.7 Å². The van der Waals surface area contributed by atoms with E-state index in [4.69, 9.17) is 22.1 Å². The van der Waals surface area contributed by atoms with Crippen molar-refractivity contribution >= 4 is 28.8 Å². The number of carbonyl (C=O) groups excluding carboxylic acids is 1. The fourth-order valence-corrected chi connectivity index (χ4v) is 3.70. The van der Waals surface area contributed by atoms with E-state index in [1.54, 1.807) is 0 Å². The molecule has 0 saturated carbocycles. The molecule has 0 bridgehead atoms. The normalized spacial score (nSPS) is 21.2. The maximum atomic E-state index is 12.3. The second-order valence-corrected chi connectivity index (χ2v) is 6.76. The van der Waals surface area contributed by atoms with Gasteiger partial charge in [-0.3, -0.25) is 9.69 Å². The summed E-state index contributed by atoms with van der Waals surface area (Å²) in [5, 5.41) is 2.94. The highest BCUT2D eigenvalue weighted by Gasteiger charge is 2.34. The number of carbonyl (C=O) groups is 1. The van der Waals surface area contributed by atoms with Crippen molar-refractivity contribution in [3.8, 4) is 0 Å². The van der Waals surface area contributed by atoms with Crippen LogP contribution in [0.3, 0.4) is 0 Å². The van der Waals surface area contributed by atoms with Crippen molar-refractivity contribution in [2.24, 2.45) is 5.73 Å². The number of nitrogens with two attached hydrogens (primary N) is 1. The first-order valence-corrected chi connectivity index (χ1v) is 8.43. The van der Waals surface area contributed by atoms with Gasteiger partial charge in [0, 0.05) is 24.5 Å². The lowest BCUT2D eigenvalue weighted by atomic mass is 10.1. The van der Waals surface area contributed by atoms with Gasteiger partial charge < -0.3 is 15.8 Å². The van der Waals surface area contributed by atoms with E-state index < -0.39 is 0 Å². The maximum Gasteiger partial charge on any atom is 0.239 e. The number of ether oxygens (including phenoxy) is 1.